The molecule has 0 radical (unpaired) electrons. The molecule has 0 spiro atoms. The van der Waals surface area contributed by atoms with E-state index >= 15 is 0 Å². The summed E-state index contributed by atoms with van der Waals surface area (Å²) in [4.78, 5) is 16.0. The molecule has 1 atom stereocenters. The van der Waals surface area contributed by atoms with Crippen LogP contribution in [0.4, 0.5) is 0 Å². The molecule has 0 bridgehead atoms. The van der Waals surface area contributed by atoms with Crippen LogP contribution < -0.4 is 0 Å². The maximum absolute atomic E-state index is 11.7. The third-order valence-electron chi connectivity index (χ3n) is 2.73. The van der Waals surface area contributed by atoms with Crippen LogP contribution in [0, 0.1) is 0 Å². The van der Waals surface area contributed by atoms with Crippen molar-refractivity contribution in [2.45, 2.75) is 44.6 Å². The summed E-state index contributed by atoms with van der Waals surface area (Å²) in [6.45, 7) is 5.43. The van der Waals surface area contributed by atoms with E-state index in [4.69, 9.17) is 5.26 Å². The van der Waals surface area contributed by atoms with Crippen LogP contribution in [0.3, 0.4) is 0 Å². The molecule has 0 aromatic rings. The molecule has 1 fully saturated rings. The molecule has 74 valence electrons. The minimum Gasteiger partial charge on any atom is -0.296 e. The topological polar surface area (TPSA) is 46.5 Å². The van der Waals surface area contributed by atoms with E-state index in [-0.39, 0.29) is 5.78 Å². The van der Waals surface area contributed by atoms with Gasteiger partial charge in [-0.25, -0.2) is 4.89 Å². The average Bonchev–Trinajstić information content (AvgIpc) is 2.27. The number of carbonyl (C=O) groups excluding carboxylic acids is 1. The number of ketones is 1. The maximum Gasteiger partial charge on any atom is 0.181 e. The number of hydrogen-bond acceptors (Lipinski definition) is 3. The Balaban J connectivity index is 2.91. The van der Waals surface area contributed by atoms with Crippen LogP contribution >= 0.6 is 0 Å². The van der Waals surface area contributed by atoms with Crippen LogP contribution in [-0.4, -0.2) is 16.6 Å². The van der Waals surface area contributed by atoms with Crippen molar-refractivity contribution < 1.29 is 14.9 Å². The van der Waals surface area contributed by atoms with Gasteiger partial charge in [0.05, 0.1) is 0 Å². The third-order valence-corrected chi connectivity index (χ3v) is 2.73. The monoisotopic (exact) mass is 184 g/mol. The summed E-state index contributed by atoms with van der Waals surface area (Å²) in [6.07, 6.45) is 3.84. The van der Waals surface area contributed by atoms with E-state index in [1.54, 1.807) is 6.92 Å². The van der Waals surface area contributed by atoms with Gasteiger partial charge >= 0.3 is 0 Å². The normalized spacial score (nSPS) is 29.8. The number of rotatable bonds is 2. The quantitative estimate of drug-likeness (QED) is 0.310. The summed E-state index contributed by atoms with van der Waals surface area (Å²) in [5, 5.41) is 8.83. The predicted octanol–water partition coefficient (Wildman–Crippen LogP) is 2.32. The molecular weight excluding hydrogens is 168 g/mol. The summed E-state index contributed by atoms with van der Waals surface area (Å²) in [6, 6.07) is 0. The number of carbonyl (C=O) groups is 1. The minimum absolute atomic E-state index is 0.0417. The first kappa shape index (κ1) is 10.4. The van der Waals surface area contributed by atoms with Crippen LogP contribution in [0.2, 0.25) is 0 Å². The second-order valence-electron chi connectivity index (χ2n) is 3.68. The smallest absolute Gasteiger partial charge is 0.181 e. The van der Waals surface area contributed by atoms with Crippen molar-refractivity contribution in [2.24, 2.45) is 0 Å². The molecule has 0 unspecified atom stereocenters. The van der Waals surface area contributed by atoms with E-state index in [9.17, 15) is 4.79 Å². The fourth-order valence-electron chi connectivity index (χ4n) is 1.80. The molecular formula is C10H16O3. The van der Waals surface area contributed by atoms with Gasteiger partial charge < -0.3 is 0 Å². The Kier molecular flexibility index (Phi) is 3.22. The Morgan fingerprint density at radius 2 is 2.23 bits per heavy atom. The molecule has 0 amide bonds. The van der Waals surface area contributed by atoms with Gasteiger partial charge in [0.1, 0.15) is 0 Å². The molecule has 1 aliphatic carbocycles. The molecule has 0 aromatic carbocycles. The molecule has 1 aliphatic rings. The van der Waals surface area contributed by atoms with Crippen LogP contribution in [0.15, 0.2) is 12.2 Å². The predicted molar refractivity (Wildman–Crippen MR) is 49.4 cm³/mol. The highest BCUT2D eigenvalue weighted by atomic mass is 17.1. The third kappa shape index (κ3) is 1.81. The Morgan fingerprint density at radius 3 is 2.77 bits per heavy atom. The summed E-state index contributed by atoms with van der Waals surface area (Å²) in [7, 11) is 0. The van der Waals surface area contributed by atoms with Gasteiger partial charge in [0.15, 0.2) is 11.4 Å². The van der Waals surface area contributed by atoms with Gasteiger partial charge in [0.25, 0.3) is 0 Å². The van der Waals surface area contributed by atoms with E-state index < -0.39 is 5.60 Å². The summed E-state index contributed by atoms with van der Waals surface area (Å²) in [5.41, 5.74) is -0.516. The number of Topliss-reactive ketones (excluding diaryl/α,β-unsaturated/α-hetero) is 1. The van der Waals surface area contributed by atoms with Crippen molar-refractivity contribution in [3.8, 4) is 0 Å². The summed E-state index contributed by atoms with van der Waals surface area (Å²) < 4.78 is 0. The van der Waals surface area contributed by atoms with Gasteiger partial charge in [0.2, 0.25) is 0 Å². The largest absolute Gasteiger partial charge is 0.296 e. The second kappa shape index (κ2) is 4.03. The number of hydrogen-bond donors (Lipinski definition) is 1. The summed E-state index contributed by atoms with van der Waals surface area (Å²) >= 11 is 0. The molecule has 3 heteroatoms. The highest BCUT2D eigenvalue weighted by molar-refractivity contribution is 5.90. The van der Waals surface area contributed by atoms with Crippen molar-refractivity contribution in [1.29, 1.82) is 0 Å². The lowest BCUT2D eigenvalue weighted by Crippen LogP contribution is -2.40. The van der Waals surface area contributed by atoms with E-state index in [0.717, 1.165) is 19.3 Å². The lowest BCUT2D eigenvalue weighted by atomic mass is 9.87. The summed E-state index contributed by atoms with van der Waals surface area (Å²) in [5.74, 6) is -0.0417. The first-order chi connectivity index (χ1) is 6.13. The Bertz CT molecular complexity index is 222. The van der Waals surface area contributed by atoms with Gasteiger partial charge in [-0.05, 0) is 31.8 Å². The van der Waals surface area contributed by atoms with Gasteiger partial charge in [-0.2, -0.15) is 0 Å². The SMILES string of the molecule is C=C(C)[C@@]1(OO)CCCCCC1=O. The van der Waals surface area contributed by atoms with Crippen LogP contribution in [0.25, 0.3) is 0 Å². The van der Waals surface area contributed by atoms with Crippen molar-refractivity contribution in [3.05, 3.63) is 12.2 Å². The van der Waals surface area contributed by atoms with Crippen molar-refractivity contribution >= 4 is 5.78 Å². The molecule has 0 saturated heterocycles. The minimum atomic E-state index is -1.11. The van der Waals surface area contributed by atoms with Crippen molar-refractivity contribution in [1.82, 2.24) is 0 Å². The van der Waals surface area contributed by atoms with E-state index in [0.29, 0.717) is 18.4 Å². The average molecular weight is 184 g/mol. The van der Waals surface area contributed by atoms with Crippen LogP contribution in [0.1, 0.15) is 39.0 Å². The Hall–Kier alpha value is -0.670. The Morgan fingerprint density at radius 1 is 1.54 bits per heavy atom. The highest BCUT2D eigenvalue weighted by Crippen LogP contribution is 2.32. The molecule has 1 rings (SSSR count). The van der Waals surface area contributed by atoms with Crippen LogP contribution in [0.5, 0.6) is 0 Å². The van der Waals surface area contributed by atoms with Crippen LogP contribution in [-0.2, 0) is 9.68 Å². The van der Waals surface area contributed by atoms with E-state index in [1.165, 1.54) is 0 Å². The van der Waals surface area contributed by atoms with Gasteiger partial charge in [0, 0.05) is 6.42 Å². The van der Waals surface area contributed by atoms with Crippen molar-refractivity contribution in [2.75, 3.05) is 0 Å². The molecule has 0 heterocycles. The zero-order valence-electron chi connectivity index (χ0n) is 8.01. The van der Waals surface area contributed by atoms with Gasteiger partial charge in [-0.1, -0.05) is 13.0 Å². The fraction of sp³-hybridized carbons (Fsp3) is 0.700. The lowest BCUT2D eigenvalue weighted by Gasteiger charge is -2.27. The van der Waals surface area contributed by atoms with Gasteiger partial charge in [-0.15, -0.1) is 0 Å². The Labute approximate surface area is 78.3 Å². The van der Waals surface area contributed by atoms with E-state index in [1.807, 2.05) is 0 Å². The molecule has 13 heavy (non-hydrogen) atoms. The molecule has 1 saturated carbocycles. The highest BCUT2D eigenvalue weighted by Gasteiger charge is 2.41. The fourth-order valence-corrected chi connectivity index (χ4v) is 1.80. The maximum atomic E-state index is 11.7. The van der Waals surface area contributed by atoms with Crippen molar-refractivity contribution in [3.63, 3.8) is 0 Å². The molecule has 0 aliphatic heterocycles. The van der Waals surface area contributed by atoms with E-state index in [2.05, 4.69) is 11.5 Å². The molecule has 3 nitrogen and oxygen atoms in total. The zero-order chi connectivity index (χ0) is 9.90. The molecule has 0 aromatic heterocycles. The first-order valence-electron chi connectivity index (χ1n) is 4.65. The first-order valence-corrected chi connectivity index (χ1v) is 4.65. The second-order valence-corrected chi connectivity index (χ2v) is 3.68. The standard InChI is InChI=1S/C10H16O3/c1-8(2)10(13-12)7-5-3-4-6-9(10)11/h12H,1,3-7H2,2H3/t10-/m0/s1. The zero-order valence-corrected chi connectivity index (χ0v) is 8.01. The lowest BCUT2D eigenvalue weighted by molar-refractivity contribution is -0.301. The molecule has 1 N–H and O–H groups in total. The van der Waals surface area contributed by atoms with Gasteiger partial charge in [-0.3, -0.25) is 10.1 Å².